The van der Waals surface area contributed by atoms with Crippen LogP contribution in [0.3, 0.4) is 0 Å². The van der Waals surface area contributed by atoms with Gasteiger partial charge in [-0.1, -0.05) is 0 Å². The van der Waals surface area contributed by atoms with Crippen molar-refractivity contribution in [2.75, 3.05) is 21.5 Å². The van der Waals surface area contributed by atoms with E-state index in [-0.39, 0.29) is 34.8 Å². The van der Waals surface area contributed by atoms with Crippen LogP contribution >= 0.6 is 11.3 Å². The van der Waals surface area contributed by atoms with Crippen LogP contribution in [0.15, 0.2) is 65.0 Å². The van der Waals surface area contributed by atoms with Crippen LogP contribution in [-0.4, -0.2) is 31.8 Å². The summed E-state index contributed by atoms with van der Waals surface area (Å²) in [5.41, 5.74) is 0.940. The lowest BCUT2D eigenvalue weighted by Gasteiger charge is -2.16. The Balaban J connectivity index is 1.40. The summed E-state index contributed by atoms with van der Waals surface area (Å²) in [7, 11) is -3.79. The van der Waals surface area contributed by atoms with Gasteiger partial charge in [0, 0.05) is 35.9 Å². The second kappa shape index (κ2) is 8.44. The van der Waals surface area contributed by atoms with Crippen molar-refractivity contribution >= 4 is 49.7 Å². The third-order valence-corrected chi connectivity index (χ3v) is 6.89. The second-order valence-electron chi connectivity index (χ2n) is 6.84. The smallest absolute Gasteiger partial charge is 0.263 e. The fraction of sp³-hybridized carbons (Fsp3) is 0.150. The lowest BCUT2D eigenvalue weighted by atomic mass is 10.1. The molecule has 1 saturated heterocycles. The van der Waals surface area contributed by atoms with Crippen LogP contribution in [0.2, 0.25) is 0 Å². The van der Waals surface area contributed by atoms with Gasteiger partial charge in [-0.15, -0.1) is 11.3 Å². The maximum absolute atomic E-state index is 13.1. The van der Waals surface area contributed by atoms with E-state index in [0.29, 0.717) is 11.4 Å². The monoisotopic (exact) mass is 460 g/mol. The van der Waals surface area contributed by atoms with E-state index in [1.807, 2.05) is 0 Å². The highest BCUT2D eigenvalue weighted by molar-refractivity contribution is 7.93. The van der Waals surface area contributed by atoms with Gasteiger partial charge in [-0.05, 0) is 48.5 Å². The lowest BCUT2D eigenvalue weighted by Crippen LogP contribution is -2.28. The zero-order valence-corrected chi connectivity index (χ0v) is 17.6. The summed E-state index contributed by atoms with van der Waals surface area (Å²) < 4.78 is 40.2. The van der Waals surface area contributed by atoms with E-state index in [9.17, 15) is 22.4 Å². The van der Waals surface area contributed by atoms with Crippen molar-refractivity contribution in [3.63, 3.8) is 0 Å². The van der Waals surface area contributed by atoms with Crippen LogP contribution in [0.4, 0.5) is 20.9 Å². The number of amides is 2. The average Bonchev–Trinajstić information content (AvgIpc) is 3.38. The van der Waals surface area contributed by atoms with Crippen LogP contribution in [0, 0.1) is 11.7 Å². The molecule has 0 bridgehead atoms. The van der Waals surface area contributed by atoms with Crippen molar-refractivity contribution in [1.82, 2.24) is 4.98 Å². The molecule has 3 aromatic rings. The third kappa shape index (κ3) is 4.72. The Hall–Kier alpha value is -3.31. The maximum Gasteiger partial charge on any atom is 0.263 e. The van der Waals surface area contributed by atoms with Crippen LogP contribution in [0.5, 0.6) is 0 Å². The Bertz CT molecular complexity index is 1200. The first kappa shape index (κ1) is 20.9. The summed E-state index contributed by atoms with van der Waals surface area (Å²) in [5, 5.41) is 4.62. The van der Waals surface area contributed by atoms with Crippen molar-refractivity contribution < 1.29 is 22.4 Å². The summed E-state index contributed by atoms with van der Waals surface area (Å²) in [4.78, 5) is 30.2. The second-order valence-corrected chi connectivity index (χ2v) is 9.42. The van der Waals surface area contributed by atoms with E-state index in [4.69, 9.17) is 0 Å². The number of anilines is 3. The summed E-state index contributed by atoms with van der Waals surface area (Å²) in [6.45, 7) is 0.181. The number of nitrogens with one attached hydrogen (secondary N) is 2. The molecule has 11 heteroatoms. The van der Waals surface area contributed by atoms with Crippen molar-refractivity contribution in [2.45, 2.75) is 11.3 Å². The quantitative estimate of drug-likeness (QED) is 0.588. The molecule has 160 valence electrons. The van der Waals surface area contributed by atoms with E-state index in [1.165, 1.54) is 59.6 Å². The van der Waals surface area contributed by atoms with E-state index in [2.05, 4.69) is 15.0 Å². The van der Waals surface area contributed by atoms with Gasteiger partial charge >= 0.3 is 0 Å². The molecular weight excluding hydrogens is 443 g/mol. The number of sulfonamides is 1. The van der Waals surface area contributed by atoms with E-state index < -0.39 is 21.8 Å². The number of rotatable bonds is 6. The first-order chi connectivity index (χ1) is 14.8. The summed E-state index contributed by atoms with van der Waals surface area (Å²) in [5.74, 6) is -1.56. The Morgan fingerprint density at radius 2 is 1.84 bits per heavy atom. The zero-order valence-electron chi connectivity index (χ0n) is 16.0. The van der Waals surface area contributed by atoms with Crippen molar-refractivity contribution in [3.8, 4) is 0 Å². The molecule has 0 aliphatic carbocycles. The van der Waals surface area contributed by atoms with Gasteiger partial charge in [-0.25, -0.2) is 17.8 Å². The minimum Gasteiger partial charge on any atom is -0.326 e. The molecule has 31 heavy (non-hydrogen) atoms. The number of carbonyl (C=O) groups is 2. The lowest BCUT2D eigenvalue weighted by molar-refractivity contribution is -0.122. The van der Waals surface area contributed by atoms with Gasteiger partial charge in [-0.2, -0.15) is 0 Å². The van der Waals surface area contributed by atoms with Crippen LogP contribution in [0.1, 0.15) is 6.42 Å². The number of carbonyl (C=O) groups excluding carboxylic acids is 2. The van der Waals surface area contributed by atoms with Gasteiger partial charge < -0.3 is 10.2 Å². The molecule has 0 radical (unpaired) electrons. The highest BCUT2D eigenvalue weighted by Crippen LogP contribution is 2.26. The largest absolute Gasteiger partial charge is 0.326 e. The standard InChI is InChI=1S/C20H17FN4O4S2/c21-14-1-5-16(6-2-14)25-12-13(11-18(25)26)19(27)23-15-3-7-17(8-4-15)31(28,29)24-20-22-9-10-30-20/h1-10,13H,11-12H2,(H,22,24)(H,23,27). The van der Waals surface area contributed by atoms with Crippen LogP contribution < -0.4 is 14.9 Å². The molecule has 8 nitrogen and oxygen atoms in total. The minimum atomic E-state index is -3.79. The fourth-order valence-corrected chi connectivity index (χ4v) is 4.95. The molecule has 0 spiro atoms. The van der Waals surface area contributed by atoms with E-state index in [1.54, 1.807) is 5.38 Å². The first-order valence-corrected chi connectivity index (χ1v) is 11.6. The molecule has 2 N–H and O–H groups in total. The Labute approximate surface area is 181 Å². The highest BCUT2D eigenvalue weighted by atomic mass is 32.2. The van der Waals surface area contributed by atoms with Gasteiger partial charge in [0.15, 0.2) is 5.13 Å². The van der Waals surface area contributed by atoms with Crippen LogP contribution in [0.25, 0.3) is 0 Å². The highest BCUT2D eigenvalue weighted by Gasteiger charge is 2.35. The maximum atomic E-state index is 13.1. The SMILES string of the molecule is O=C(Nc1ccc(S(=O)(=O)Nc2nccs2)cc1)C1CC(=O)N(c2ccc(F)cc2)C1. The molecule has 1 atom stereocenters. The first-order valence-electron chi connectivity index (χ1n) is 9.21. The number of aromatic nitrogens is 1. The Morgan fingerprint density at radius 3 is 2.48 bits per heavy atom. The Kier molecular flexibility index (Phi) is 5.70. The van der Waals surface area contributed by atoms with Gasteiger partial charge in [0.1, 0.15) is 5.82 Å². The van der Waals surface area contributed by atoms with Gasteiger partial charge in [-0.3, -0.25) is 14.3 Å². The number of hydrogen-bond donors (Lipinski definition) is 2. The summed E-state index contributed by atoms with van der Waals surface area (Å²) >= 11 is 1.16. The fourth-order valence-electron chi connectivity index (χ4n) is 3.16. The van der Waals surface area contributed by atoms with Crippen LogP contribution in [-0.2, 0) is 19.6 Å². The molecule has 2 aromatic carbocycles. The molecular formula is C20H17FN4O4S2. The minimum absolute atomic E-state index is 0.0271. The number of benzene rings is 2. The predicted octanol–water partition coefficient (Wildman–Crippen LogP) is 3.07. The summed E-state index contributed by atoms with van der Waals surface area (Å²) in [6.07, 6.45) is 1.53. The molecule has 1 aliphatic heterocycles. The van der Waals surface area contributed by atoms with E-state index >= 15 is 0 Å². The molecule has 1 fully saturated rings. The molecule has 0 saturated carbocycles. The number of hydrogen-bond acceptors (Lipinski definition) is 6. The third-order valence-electron chi connectivity index (χ3n) is 4.72. The van der Waals surface area contributed by atoms with Gasteiger partial charge in [0.25, 0.3) is 10.0 Å². The summed E-state index contributed by atoms with van der Waals surface area (Å²) in [6, 6.07) is 11.2. The average molecular weight is 461 g/mol. The molecule has 1 aliphatic rings. The molecule has 1 aromatic heterocycles. The van der Waals surface area contributed by atoms with Crippen molar-refractivity contribution in [1.29, 1.82) is 0 Å². The molecule has 2 heterocycles. The van der Waals surface area contributed by atoms with E-state index in [0.717, 1.165) is 11.3 Å². The van der Waals surface area contributed by atoms with Crippen molar-refractivity contribution in [2.24, 2.45) is 5.92 Å². The predicted molar refractivity (Wildman–Crippen MR) is 115 cm³/mol. The molecule has 2 amide bonds. The topological polar surface area (TPSA) is 108 Å². The molecule has 1 unspecified atom stereocenters. The van der Waals surface area contributed by atoms with Gasteiger partial charge in [0.05, 0.1) is 10.8 Å². The Morgan fingerprint density at radius 1 is 1.13 bits per heavy atom. The van der Waals surface area contributed by atoms with Gasteiger partial charge in [0.2, 0.25) is 11.8 Å². The number of nitrogens with zero attached hydrogens (tertiary/aromatic N) is 2. The number of thiazole rings is 1. The number of halogens is 1. The van der Waals surface area contributed by atoms with Crippen molar-refractivity contribution in [3.05, 3.63) is 65.9 Å². The zero-order chi connectivity index (χ0) is 22.0. The molecule has 4 rings (SSSR count). The normalized spacial score (nSPS) is 16.4.